The summed E-state index contributed by atoms with van der Waals surface area (Å²) in [5.74, 6) is 0.169. The molecular weight excluding hydrogens is 260 g/mol. The molecule has 102 valence electrons. The fraction of sp³-hybridized carbons (Fsp3) is 0.400. The van der Waals surface area contributed by atoms with E-state index in [2.05, 4.69) is 17.2 Å². The Labute approximate surface area is 118 Å². The molecule has 3 nitrogen and oxygen atoms in total. The number of aliphatic hydroxyl groups excluding tert-OH is 1. The second-order valence-electron chi connectivity index (χ2n) is 4.92. The lowest BCUT2D eigenvalue weighted by molar-refractivity contribution is 0.225. The van der Waals surface area contributed by atoms with Gasteiger partial charge in [0.2, 0.25) is 0 Å². The smallest absolute Gasteiger partial charge is 0.130 e. The number of benzene rings is 1. The van der Waals surface area contributed by atoms with Gasteiger partial charge >= 0.3 is 0 Å². The fourth-order valence-electron chi connectivity index (χ4n) is 2.34. The summed E-state index contributed by atoms with van der Waals surface area (Å²) >= 11 is 6.24. The van der Waals surface area contributed by atoms with Crippen LogP contribution in [0.1, 0.15) is 16.8 Å². The normalized spacial score (nSPS) is 12.6. The van der Waals surface area contributed by atoms with E-state index in [9.17, 15) is 5.11 Å². The first-order valence-corrected chi connectivity index (χ1v) is 6.82. The predicted molar refractivity (Wildman–Crippen MR) is 77.4 cm³/mol. The highest BCUT2D eigenvalue weighted by Crippen LogP contribution is 2.23. The highest BCUT2D eigenvalue weighted by molar-refractivity contribution is 6.30. The Kier molecular flexibility index (Phi) is 4.61. The van der Waals surface area contributed by atoms with Crippen LogP contribution in [0.3, 0.4) is 0 Å². The van der Waals surface area contributed by atoms with E-state index in [0.29, 0.717) is 5.15 Å². The SMILES string of the molecule is Cc1nn(C)c(Cl)c1CC(CO)Cc1ccccc1. The van der Waals surface area contributed by atoms with Gasteiger partial charge in [0.15, 0.2) is 0 Å². The molecule has 0 fully saturated rings. The first kappa shape index (κ1) is 14.1. The van der Waals surface area contributed by atoms with Crippen LogP contribution in [0.15, 0.2) is 30.3 Å². The minimum atomic E-state index is 0.152. The number of hydrogen-bond acceptors (Lipinski definition) is 2. The Bertz CT molecular complexity index is 537. The summed E-state index contributed by atoms with van der Waals surface area (Å²) in [7, 11) is 1.84. The lowest BCUT2D eigenvalue weighted by Crippen LogP contribution is -2.13. The van der Waals surface area contributed by atoms with Crippen LogP contribution >= 0.6 is 11.6 Å². The van der Waals surface area contributed by atoms with Crippen molar-refractivity contribution in [1.82, 2.24) is 9.78 Å². The third-order valence-electron chi connectivity index (χ3n) is 3.39. The molecule has 2 rings (SSSR count). The minimum absolute atomic E-state index is 0.152. The maximum absolute atomic E-state index is 9.57. The van der Waals surface area contributed by atoms with Gasteiger partial charge in [0, 0.05) is 19.2 Å². The highest BCUT2D eigenvalue weighted by atomic mass is 35.5. The van der Waals surface area contributed by atoms with Crippen LogP contribution in [-0.2, 0) is 19.9 Å². The number of hydrogen-bond donors (Lipinski definition) is 1. The third-order valence-corrected chi connectivity index (χ3v) is 3.86. The van der Waals surface area contributed by atoms with Crippen LogP contribution < -0.4 is 0 Å². The summed E-state index contributed by atoms with van der Waals surface area (Å²) in [6.45, 7) is 2.11. The van der Waals surface area contributed by atoms with Gasteiger partial charge in [-0.2, -0.15) is 5.10 Å². The molecule has 0 spiro atoms. The standard InChI is InChI=1S/C15H19ClN2O/c1-11-14(15(16)18(2)17-11)9-13(10-19)8-12-6-4-3-5-7-12/h3-7,13,19H,8-10H2,1-2H3. The Balaban J connectivity index is 2.11. The molecule has 1 aromatic heterocycles. The Morgan fingerprint density at radius 2 is 1.95 bits per heavy atom. The molecule has 0 aliphatic heterocycles. The number of aryl methyl sites for hydroxylation is 2. The number of halogens is 1. The zero-order chi connectivity index (χ0) is 13.8. The molecule has 1 unspecified atom stereocenters. The summed E-state index contributed by atoms with van der Waals surface area (Å²) in [6, 6.07) is 10.2. The van der Waals surface area contributed by atoms with Crippen LogP contribution in [0.4, 0.5) is 0 Å². The quantitative estimate of drug-likeness (QED) is 0.913. The van der Waals surface area contributed by atoms with Crippen molar-refractivity contribution in [2.24, 2.45) is 13.0 Å². The van der Waals surface area contributed by atoms with Crippen molar-refractivity contribution in [2.45, 2.75) is 19.8 Å². The zero-order valence-electron chi connectivity index (χ0n) is 11.3. The molecule has 0 radical (unpaired) electrons. The van der Waals surface area contributed by atoms with E-state index in [1.165, 1.54) is 5.56 Å². The first-order valence-electron chi connectivity index (χ1n) is 6.44. The van der Waals surface area contributed by atoms with E-state index >= 15 is 0 Å². The molecule has 0 aliphatic carbocycles. The maximum atomic E-state index is 9.57. The molecule has 19 heavy (non-hydrogen) atoms. The summed E-state index contributed by atoms with van der Waals surface area (Å²) < 4.78 is 1.68. The third kappa shape index (κ3) is 3.37. The lowest BCUT2D eigenvalue weighted by Gasteiger charge is -2.14. The summed E-state index contributed by atoms with van der Waals surface area (Å²) in [6.07, 6.45) is 1.60. The number of rotatable bonds is 5. The van der Waals surface area contributed by atoms with Gasteiger partial charge in [-0.3, -0.25) is 4.68 Å². The summed E-state index contributed by atoms with van der Waals surface area (Å²) in [5, 5.41) is 14.5. The van der Waals surface area contributed by atoms with Crippen LogP contribution in [0, 0.1) is 12.8 Å². The van der Waals surface area contributed by atoms with Crippen LogP contribution in [0.5, 0.6) is 0 Å². The first-order chi connectivity index (χ1) is 9.11. The van der Waals surface area contributed by atoms with Crippen molar-refractivity contribution in [2.75, 3.05) is 6.61 Å². The van der Waals surface area contributed by atoms with E-state index in [1.54, 1.807) is 4.68 Å². The van der Waals surface area contributed by atoms with E-state index in [4.69, 9.17) is 11.6 Å². The predicted octanol–water partition coefficient (Wildman–Crippen LogP) is 2.78. The van der Waals surface area contributed by atoms with E-state index in [1.807, 2.05) is 32.2 Å². The maximum Gasteiger partial charge on any atom is 0.130 e. The molecular formula is C15H19ClN2O. The minimum Gasteiger partial charge on any atom is -0.396 e. The van der Waals surface area contributed by atoms with Gasteiger partial charge in [-0.1, -0.05) is 41.9 Å². The fourth-order valence-corrected chi connectivity index (χ4v) is 2.59. The number of aliphatic hydroxyl groups is 1. The Morgan fingerprint density at radius 3 is 2.47 bits per heavy atom. The average Bonchev–Trinajstić information content (AvgIpc) is 2.65. The summed E-state index contributed by atoms with van der Waals surface area (Å²) in [4.78, 5) is 0. The van der Waals surface area contributed by atoms with Gasteiger partial charge in [-0.05, 0) is 31.2 Å². The van der Waals surface area contributed by atoms with Crippen molar-refractivity contribution < 1.29 is 5.11 Å². The molecule has 4 heteroatoms. The monoisotopic (exact) mass is 278 g/mol. The molecule has 1 atom stereocenters. The molecule has 1 aromatic carbocycles. The van der Waals surface area contributed by atoms with Crippen LogP contribution in [0.2, 0.25) is 5.15 Å². The second-order valence-corrected chi connectivity index (χ2v) is 5.28. The van der Waals surface area contributed by atoms with Gasteiger partial charge in [0.1, 0.15) is 5.15 Å². The number of nitrogens with zero attached hydrogens (tertiary/aromatic N) is 2. The molecule has 1 N–H and O–H groups in total. The average molecular weight is 279 g/mol. The molecule has 0 aliphatic rings. The van der Waals surface area contributed by atoms with Crippen LogP contribution in [0.25, 0.3) is 0 Å². The molecule has 0 saturated heterocycles. The second kappa shape index (κ2) is 6.22. The van der Waals surface area contributed by atoms with Crippen molar-refractivity contribution >= 4 is 11.6 Å². The largest absolute Gasteiger partial charge is 0.396 e. The van der Waals surface area contributed by atoms with E-state index in [0.717, 1.165) is 24.1 Å². The molecule has 2 aromatic rings. The van der Waals surface area contributed by atoms with Crippen LogP contribution in [-0.4, -0.2) is 21.5 Å². The Hall–Kier alpha value is -1.32. The molecule has 0 amide bonds. The zero-order valence-corrected chi connectivity index (χ0v) is 12.1. The molecule has 1 heterocycles. The summed E-state index contributed by atoms with van der Waals surface area (Å²) in [5.41, 5.74) is 3.22. The number of aromatic nitrogens is 2. The molecule has 0 bridgehead atoms. The van der Waals surface area contributed by atoms with Crippen molar-refractivity contribution in [3.05, 3.63) is 52.3 Å². The molecule has 0 saturated carbocycles. The highest BCUT2D eigenvalue weighted by Gasteiger charge is 2.17. The van der Waals surface area contributed by atoms with Crippen molar-refractivity contribution in [3.63, 3.8) is 0 Å². The van der Waals surface area contributed by atoms with Gasteiger partial charge in [0.05, 0.1) is 5.69 Å². The van der Waals surface area contributed by atoms with Gasteiger partial charge < -0.3 is 5.11 Å². The van der Waals surface area contributed by atoms with Gasteiger partial charge in [-0.15, -0.1) is 0 Å². The van der Waals surface area contributed by atoms with Gasteiger partial charge in [0.25, 0.3) is 0 Å². The van der Waals surface area contributed by atoms with E-state index < -0.39 is 0 Å². The van der Waals surface area contributed by atoms with Gasteiger partial charge in [-0.25, -0.2) is 0 Å². The topological polar surface area (TPSA) is 38.0 Å². The lowest BCUT2D eigenvalue weighted by atomic mass is 9.93. The van der Waals surface area contributed by atoms with Crippen molar-refractivity contribution in [1.29, 1.82) is 0 Å². The Morgan fingerprint density at radius 1 is 1.26 bits per heavy atom. The van der Waals surface area contributed by atoms with E-state index in [-0.39, 0.29) is 12.5 Å². The van der Waals surface area contributed by atoms with Crippen molar-refractivity contribution in [3.8, 4) is 0 Å².